The Bertz CT molecular complexity index is 413. The minimum Gasteiger partial charge on any atom is -0.481 e. The normalized spacial score (nSPS) is 14.9. The van der Waals surface area contributed by atoms with Crippen molar-refractivity contribution in [3.63, 3.8) is 0 Å². The lowest BCUT2D eigenvalue weighted by molar-refractivity contribution is -0.146. The average Bonchev–Trinajstić information content (AvgIpc) is 2.35. The second-order valence-electron chi connectivity index (χ2n) is 4.14. The minimum absolute atomic E-state index is 0.343. The number of hydrogen-bond acceptors (Lipinski definition) is 7. The highest BCUT2D eigenvalue weighted by Crippen LogP contribution is 1.94. The highest BCUT2D eigenvalue weighted by atomic mass is 16.4. The predicted octanol–water partition coefficient (Wildman–Crippen LogP) is -3.04. The van der Waals surface area contributed by atoms with E-state index in [0.29, 0.717) is 0 Å². The topological polar surface area (TPSA) is 199 Å². The van der Waals surface area contributed by atoms with Gasteiger partial charge < -0.3 is 36.8 Å². The summed E-state index contributed by atoms with van der Waals surface area (Å²) < 4.78 is 0. The van der Waals surface area contributed by atoms with Crippen LogP contribution in [-0.4, -0.2) is 75.5 Å². The molecule has 0 aromatic carbocycles. The number of carboxylic acids is 4. The molecule has 0 aliphatic rings. The van der Waals surface area contributed by atoms with E-state index in [4.69, 9.17) is 26.2 Å². The fourth-order valence-corrected chi connectivity index (χ4v) is 1.28. The summed E-state index contributed by atoms with van der Waals surface area (Å²) in [7, 11) is 0. The third kappa shape index (κ3) is 7.81. The van der Waals surface area contributed by atoms with Gasteiger partial charge in [-0.05, 0) is 0 Å². The molecule has 0 unspecified atom stereocenters. The summed E-state index contributed by atoms with van der Waals surface area (Å²) >= 11 is 0. The van der Waals surface area contributed by atoms with Gasteiger partial charge in [0.2, 0.25) is 0 Å². The molecule has 11 nitrogen and oxygen atoms in total. The second-order valence-corrected chi connectivity index (χ2v) is 4.14. The van der Waals surface area contributed by atoms with Crippen molar-refractivity contribution in [3.05, 3.63) is 0 Å². The van der Waals surface area contributed by atoms with E-state index in [1.165, 1.54) is 0 Å². The van der Waals surface area contributed by atoms with Gasteiger partial charge in [0.05, 0.1) is 6.42 Å². The van der Waals surface area contributed by atoms with E-state index in [2.05, 4.69) is 10.6 Å². The van der Waals surface area contributed by atoms with Crippen LogP contribution in [0.2, 0.25) is 0 Å². The van der Waals surface area contributed by atoms with Crippen molar-refractivity contribution >= 4 is 23.9 Å². The molecular weight excluding hydrogens is 290 g/mol. The van der Waals surface area contributed by atoms with Crippen LogP contribution in [0.1, 0.15) is 6.42 Å². The molecule has 0 amide bonds. The molecule has 8 N–H and O–H groups in total. The third-order valence-electron chi connectivity index (χ3n) is 2.44. The smallest absolute Gasteiger partial charge is 0.322 e. The largest absolute Gasteiger partial charge is 0.481 e. The summed E-state index contributed by atoms with van der Waals surface area (Å²) in [6.07, 6.45) is -0.726. The molecule has 120 valence electrons. The van der Waals surface area contributed by atoms with E-state index in [9.17, 15) is 19.2 Å². The molecule has 0 aromatic heterocycles. The van der Waals surface area contributed by atoms with Crippen LogP contribution in [0.4, 0.5) is 0 Å². The number of carboxylic acid groups (broad SMARTS) is 4. The Hall–Kier alpha value is -2.24. The van der Waals surface area contributed by atoms with Gasteiger partial charge in [-0.3, -0.25) is 19.2 Å². The van der Waals surface area contributed by atoms with E-state index in [1.54, 1.807) is 0 Å². The average molecular weight is 307 g/mol. The molecule has 21 heavy (non-hydrogen) atoms. The molecular formula is C10H17N3O8. The zero-order valence-electron chi connectivity index (χ0n) is 10.9. The van der Waals surface area contributed by atoms with Gasteiger partial charge in [-0.1, -0.05) is 0 Å². The Balaban J connectivity index is 4.49. The summed E-state index contributed by atoms with van der Waals surface area (Å²) in [5.41, 5.74) is 5.19. The van der Waals surface area contributed by atoms with Crippen LogP contribution >= 0.6 is 0 Å². The van der Waals surface area contributed by atoms with Crippen LogP contribution < -0.4 is 16.4 Å². The van der Waals surface area contributed by atoms with Gasteiger partial charge in [0, 0.05) is 13.1 Å². The summed E-state index contributed by atoms with van der Waals surface area (Å²) in [5, 5.41) is 39.4. The molecule has 0 spiro atoms. The molecule has 0 aliphatic carbocycles. The summed E-state index contributed by atoms with van der Waals surface area (Å²) in [6.45, 7) is -0.753. The monoisotopic (exact) mass is 307 g/mol. The molecule has 0 bridgehead atoms. The van der Waals surface area contributed by atoms with Crippen LogP contribution in [0.15, 0.2) is 0 Å². The van der Waals surface area contributed by atoms with E-state index in [-0.39, 0.29) is 6.54 Å². The number of carbonyl (C=O) groups is 4. The highest BCUT2D eigenvalue weighted by molar-refractivity contribution is 5.80. The number of nitrogens with one attached hydrogen (secondary N) is 2. The first-order valence-electron chi connectivity index (χ1n) is 5.77. The zero-order valence-corrected chi connectivity index (χ0v) is 10.9. The summed E-state index contributed by atoms with van der Waals surface area (Å²) in [4.78, 5) is 42.7. The molecule has 0 radical (unpaired) electrons. The van der Waals surface area contributed by atoms with Crippen LogP contribution in [0.25, 0.3) is 0 Å². The van der Waals surface area contributed by atoms with Crippen LogP contribution in [-0.2, 0) is 19.2 Å². The van der Waals surface area contributed by atoms with E-state index >= 15 is 0 Å². The SMILES string of the molecule is N[C@@H](CN[C@H](CN[C@@H](CC(=O)O)C(=O)O)C(=O)O)C(=O)O. The maximum atomic E-state index is 10.9. The number of hydrogen-bond donors (Lipinski definition) is 7. The molecule has 0 aromatic rings. The molecule has 0 saturated carbocycles. The Morgan fingerprint density at radius 2 is 1.29 bits per heavy atom. The highest BCUT2D eigenvalue weighted by Gasteiger charge is 2.25. The summed E-state index contributed by atoms with van der Waals surface area (Å²) in [5.74, 6) is -5.49. The van der Waals surface area contributed by atoms with Crippen LogP contribution in [0.3, 0.4) is 0 Å². The lowest BCUT2D eigenvalue weighted by atomic mass is 10.2. The minimum atomic E-state index is -1.46. The van der Waals surface area contributed by atoms with E-state index < -0.39 is 55.0 Å². The lowest BCUT2D eigenvalue weighted by Crippen LogP contribution is -2.53. The first-order valence-corrected chi connectivity index (χ1v) is 5.77. The fraction of sp³-hybridized carbons (Fsp3) is 0.600. The first kappa shape index (κ1) is 18.8. The predicted molar refractivity (Wildman–Crippen MR) is 66.7 cm³/mol. The van der Waals surface area contributed by atoms with Crippen molar-refractivity contribution in [2.24, 2.45) is 5.73 Å². The Morgan fingerprint density at radius 3 is 1.67 bits per heavy atom. The Kier molecular flexibility index (Phi) is 7.89. The van der Waals surface area contributed by atoms with Crippen molar-refractivity contribution in [2.45, 2.75) is 24.5 Å². The summed E-state index contributed by atoms with van der Waals surface area (Å²) in [6, 6.07) is -4.09. The van der Waals surface area contributed by atoms with Gasteiger partial charge in [-0.15, -0.1) is 0 Å². The zero-order chi connectivity index (χ0) is 16.6. The van der Waals surface area contributed by atoms with Gasteiger partial charge in [-0.2, -0.15) is 0 Å². The number of nitrogens with two attached hydrogens (primary N) is 1. The van der Waals surface area contributed by atoms with Gasteiger partial charge in [0.15, 0.2) is 0 Å². The van der Waals surface area contributed by atoms with Crippen LogP contribution in [0.5, 0.6) is 0 Å². The maximum Gasteiger partial charge on any atom is 0.322 e. The quantitative estimate of drug-likeness (QED) is 0.204. The van der Waals surface area contributed by atoms with Crippen molar-refractivity contribution in [3.8, 4) is 0 Å². The first-order chi connectivity index (χ1) is 9.65. The fourth-order valence-electron chi connectivity index (χ4n) is 1.28. The van der Waals surface area contributed by atoms with E-state index in [1.807, 2.05) is 0 Å². The molecule has 0 fully saturated rings. The molecule has 0 rings (SSSR count). The lowest BCUT2D eigenvalue weighted by Gasteiger charge is -2.19. The molecule has 0 saturated heterocycles. The van der Waals surface area contributed by atoms with Gasteiger partial charge in [0.25, 0.3) is 0 Å². The van der Waals surface area contributed by atoms with Gasteiger partial charge >= 0.3 is 23.9 Å². The van der Waals surface area contributed by atoms with Crippen molar-refractivity contribution in [1.29, 1.82) is 0 Å². The standard InChI is InChI=1S/C10H17N3O8/c11-4(8(16)17)2-12-6(10(20)21)3-13-5(9(18)19)1-7(14)15/h4-6,12-13H,1-3,11H2,(H,14,15)(H,16,17)(H,18,19)(H,20,21)/t4-,5-,6+/m0/s1. The van der Waals surface area contributed by atoms with Crippen molar-refractivity contribution < 1.29 is 39.6 Å². The molecule has 11 heteroatoms. The number of aliphatic carboxylic acids is 4. The van der Waals surface area contributed by atoms with Crippen molar-refractivity contribution in [2.75, 3.05) is 13.1 Å². The van der Waals surface area contributed by atoms with Crippen molar-refractivity contribution in [1.82, 2.24) is 10.6 Å². The van der Waals surface area contributed by atoms with E-state index in [0.717, 1.165) is 0 Å². The molecule has 3 atom stereocenters. The Morgan fingerprint density at radius 1 is 0.810 bits per heavy atom. The Labute approximate surface area is 118 Å². The second kappa shape index (κ2) is 8.84. The van der Waals surface area contributed by atoms with Crippen LogP contribution in [0, 0.1) is 0 Å². The third-order valence-corrected chi connectivity index (χ3v) is 2.44. The number of rotatable bonds is 11. The molecule has 0 aliphatic heterocycles. The van der Waals surface area contributed by atoms with Gasteiger partial charge in [0.1, 0.15) is 18.1 Å². The maximum absolute atomic E-state index is 10.9. The molecule has 0 heterocycles. The van der Waals surface area contributed by atoms with Gasteiger partial charge in [-0.25, -0.2) is 0 Å².